The molecule has 100 valence electrons. The average Bonchev–Trinajstić information content (AvgIpc) is 2.21. The molecular formula is C11H22N2O4. The van der Waals surface area contributed by atoms with Crippen molar-refractivity contribution in [3.8, 4) is 0 Å². The molecular weight excluding hydrogens is 224 g/mol. The zero-order valence-corrected chi connectivity index (χ0v) is 11.3. The molecule has 2 N–H and O–H groups in total. The Morgan fingerprint density at radius 2 is 1.76 bits per heavy atom. The van der Waals surface area contributed by atoms with Crippen LogP contribution in [0, 0.1) is 0 Å². The van der Waals surface area contributed by atoms with E-state index in [1.807, 2.05) is 0 Å². The highest BCUT2D eigenvalue weighted by molar-refractivity contribution is 5.82. The molecule has 2 atom stereocenters. The van der Waals surface area contributed by atoms with Crippen LogP contribution in [0.3, 0.4) is 0 Å². The van der Waals surface area contributed by atoms with E-state index in [2.05, 4.69) is 15.4 Å². The fourth-order valence-electron chi connectivity index (χ4n) is 1.12. The predicted octanol–water partition coefficient (Wildman–Crippen LogP) is 0.661. The van der Waals surface area contributed by atoms with Crippen molar-refractivity contribution >= 4 is 12.1 Å². The maximum atomic E-state index is 11.5. The van der Waals surface area contributed by atoms with E-state index in [-0.39, 0.29) is 6.04 Å². The minimum Gasteiger partial charge on any atom is -0.467 e. The van der Waals surface area contributed by atoms with Gasteiger partial charge in [-0.1, -0.05) is 0 Å². The summed E-state index contributed by atoms with van der Waals surface area (Å²) < 4.78 is 9.69. The molecule has 6 heteroatoms. The number of carbonyl (C=O) groups excluding carboxylic acids is 2. The first-order valence-corrected chi connectivity index (χ1v) is 5.46. The minimum absolute atomic E-state index is 0.255. The van der Waals surface area contributed by atoms with Gasteiger partial charge in [-0.25, -0.2) is 9.59 Å². The average molecular weight is 246 g/mol. The second kappa shape index (κ2) is 6.44. The van der Waals surface area contributed by atoms with Crippen LogP contribution in [-0.2, 0) is 14.3 Å². The number of nitrogens with one attached hydrogen (secondary N) is 2. The van der Waals surface area contributed by atoms with Crippen LogP contribution in [0.25, 0.3) is 0 Å². The first-order valence-electron chi connectivity index (χ1n) is 5.46. The van der Waals surface area contributed by atoms with Crippen molar-refractivity contribution in [1.82, 2.24) is 10.6 Å². The van der Waals surface area contributed by atoms with Gasteiger partial charge in [-0.2, -0.15) is 0 Å². The lowest BCUT2D eigenvalue weighted by Gasteiger charge is -2.25. The molecule has 0 radical (unpaired) electrons. The normalized spacial score (nSPS) is 14.7. The highest BCUT2D eigenvalue weighted by atomic mass is 16.6. The molecule has 2 unspecified atom stereocenters. The number of methoxy groups -OCH3 is 1. The Balaban J connectivity index is 4.54. The van der Waals surface area contributed by atoms with Gasteiger partial charge in [0.1, 0.15) is 11.6 Å². The maximum Gasteiger partial charge on any atom is 0.408 e. The Labute approximate surface area is 102 Å². The first kappa shape index (κ1) is 15.7. The zero-order valence-electron chi connectivity index (χ0n) is 11.3. The number of carbonyl (C=O) groups is 2. The van der Waals surface area contributed by atoms with Gasteiger partial charge in [0.15, 0.2) is 0 Å². The second-order valence-electron chi connectivity index (χ2n) is 4.72. The number of amides is 1. The number of ether oxygens (including phenoxy) is 2. The largest absolute Gasteiger partial charge is 0.467 e. The standard InChI is InChI=1S/C11H22N2O4/c1-7(12-5)8(9(14)16-6)13-10(15)17-11(2,3)4/h7-8,12H,1-6H3,(H,13,15). The van der Waals surface area contributed by atoms with E-state index in [1.165, 1.54) is 7.11 Å². The highest BCUT2D eigenvalue weighted by Crippen LogP contribution is 2.07. The molecule has 0 aliphatic rings. The third-order valence-corrected chi connectivity index (χ3v) is 2.08. The number of likely N-dealkylation sites (N-methyl/N-ethyl adjacent to an activating group) is 1. The molecule has 17 heavy (non-hydrogen) atoms. The number of rotatable bonds is 4. The molecule has 0 heterocycles. The van der Waals surface area contributed by atoms with Crippen LogP contribution in [0.1, 0.15) is 27.7 Å². The molecule has 0 aromatic heterocycles. The highest BCUT2D eigenvalue weighted by Gasteiger charge is 2.28. The summed E-state index contributed by atoms with van der Waals surface area (Å²) in [4.78, 5) is 23.0. The smallest absolute Gasteiger partial charge is 0.408 e. The minimum atomic E-state index is -0.778. The molecule has 1 amide bonds. The molecule has 0 spiro atoms. The quantitative estimate of drug-likeness (QED) is 0.713. The summed E-state index contributed by atoms with van der Waals surface area (Å²) in [6, 6.07) is -1.03. The maximum absolute atomic E-state index is 11.5. The Morgan fingerprint density at radius 3 is 2.12 bits per heavy atom. The van der Waals surface area contributed by atoms with Crippen LogP contribution >= 0.6 is 0 Å². The summed E-state index contributed by atoms with van der Waals surface area (Å²) in [6.07, 6.45) is -0.644. The molecule has 0 aliphatic carbocycles. The van der Waals surface area contributed by atoms with Crippen molar-refractivity contribution < 1.29 is 19.1 Å². The number of esters is 1. The second-order valence-corrected chi connectivity index (χ2v) is 4.72. The zero-order chi connectivity index (χ0) is 13.6. The van der Waals surface area contributed by atoms with Crippen molar-refractivity contribution in [3.05, 3.63) is 0 Å². The number of hydrogen-bond donors (Lipinski definition) is 2. The van der Waals surface area contributed by atoms with Gasteiger partial charge in [0.2, 0.25) is 0 Å². The number of hydrogen-bond acceptors (Lipinski definition) is 5. The van der Waals surface area contributed by atoms with Gasteiger partial charge in [-0.15, -0.1) is 0 Å². The Morgan fingerprint density at radius 1 is 1.24 bits per heavy atom. The molecule has 0 fully saturated rings. The lowest BCUT2D eigenvalue weighted by molar-refractivity contribution is -0.143. The van der Waals surface area contributed by atoms with E-state index in [9.17, 15) is 9.59 Å². The Hall–Kier alpha value is -1.30. The van der Waals surface area contributed by atoms with E-state index in [0.717, 1.165) is 0 Å². The fourth-order valence-corrected chi connectivity index (χ4v) is 1.12. The summed E-state index contributed by atoms with van der Waals surface area (Å²) in [7, 11) is 2.96. The summed E-state index contributed by atoms with van der Waals surface area (Å²) >= 11 is 0. The molecule has 0 saturated carbocycles. The Bertz CT molecular complexity index is 273. The molecule has 0 aromatic carbocycles. The van der Waals surface area contributed by atoms with Crippen LogP contribution in [0.2, 0.25) is 0 Å². The van der Waals surface area contributed by atoms with Gasteiger partial charge in [-0.05, 0) is 34.7 Å². The van der Waals surface area contributed by atoms with E-state index in [1.54, 1.807) is 34.7 Å². The lowest BCUT2D eigenvalue weighted by Crippen LogP contribution is -2.53. The molecule has 0 aliphatic heterocycles. The van der Waals surface area contributed by atoms with Gasteiger partial charge in [0.05, 0.1) is 7.11 Å². The van der Waals surface area contributed by atoms with Crippen LogP contribution in [0.15, 0.2) is 0 Å². The fraction of sp³-hybridized carbons (Fsp3) is 0.818. The molecule has 6 nitrogen and oxygen atoms in total. The monoisotopic (exact) mass is 246 g/mol. The van der Waals surface area contributed by atoms with Gasteiger partial charge < -0.3 is 20.1 Å². The molecule has 0 rings (SSSR count). The van der Waals surface area contributed by atoms with Crippen LogP contribution in [0.5, 0.6) is 0 Å². The van der Waals surface area contributed by atoms with Gasteiger partial charge in [0.25, 0.3) is 0 Å². The lowest BCUT2D eigenvalue weighted by atomic mass is 10.1. The van der Waals surface area contributed by atoms with Crippen molar-refractivity contribution in [1.29, 1.82) is 0 Å². The summed E-state index contributed by atoms with van der Waals surface area (Å²) in [5, 5.41) is 5.35. The SMILES string of the molecule is CNC(C)C(NC(=O)OC(C)(C)C)C(=O)OC. The summed E-state index contributed by atoms with van der Waals surface area (Å²) in [6.45, 7) is 7.02. The molecule has 0 saturated heterocycles. The van der Waals surface area contributed by atoms with Gasteiger partial charge in [-0.3, -0.25) is 0 Å². The predicted molar refractivity (Wildman–Crippen MR) is 63.7 cm³/mol. The van der Waals surface area contributed by atoms with E-state index >= 15 is 0 Å². The summed E-state index contributed by atoms with van der Waals surface area (Å²) in [5.41, 5.74) is -0.604. The van der Waals surface area contributed by atoms with E-state index in [4.69, 9.17) is 4.74 Å². The topological polar surface area (TPSA) is 76.7 Å². The third kappa shape index (κ3) is 6.11. The van der Waals surface area contributed by atoms with Crippen LogP contribution < -0.4 is 10.6 Å². The van der Waals surface area contributed by atoms with Crippen molar-refractivity contribution in [2.75, 3.05) is 14.2 Å². The van der Waals surface area contributed by atoms with Crippen LogP contribution in [-0.4, -0.2) is 43.9 Å². The van der Waals surface area contributed by atoms with Gasteiger partial charge in [0, 0.05) is 6.04 Å². The van der Waals surface area contributed by atoms with E-state index < -0.39 is 23.7 Å². The van der Waals surface area contributed by atoms with E-state index in [0.29, 0.717) is 0 Å². The van der Waals surface area contributed by atoms with Gasteiger partial charge >= 0.3 is 12.1 Å². The van der Waals surface area contributed by atoms with Crippen molar-refractivity contribution in [2.45, 2.75) is 45.4 Å². The Kier molecular flexibility index (Phi) is 5.95. The number of alkyl carbamates (subject to hydrolysis) is 1. The van der Waals surface area contributed by atoms with Crippen molar-refractivity contribution in [2.24, 2.45) is 0 Å². The summed E-state index contributed by atoms with van der Waals surface area (Å²) in [5.74, 6) is -0.516. The molecule has 0 aromatic rings. The van der Waals surface area contributed by atoms with Crippen molar-refractivity contribution in [3.63, 3.8) is 0 Å². The molecule has 0 bridgehead atoms. The first-order chi connectivity index (χ1) is 7.71. The third-order valence-electron chi connectivity index (χ3n) is 2.08. The van der Waals surface area contributed by atoms with Crippen LogP contribution in [0.4, 0.5) is 4.79 Å².